The van der Waals surface area contributed by atoms with Crippen molar-refractivity contribution in [3.8, 4) is 0 Å². The van der Waals surface area contributed by atoms with E-state index in [0.29, 0.717) is 49.7 Å². The molecule has 1 aromatic rings. The first kappa shape index (κ1) is 21.3. The van der Waals surface area contributed by atoms with Gasteiger partial charge in [-0.1, -0.05) is 27.2 Å². The normalized spacial score (nSPS) is 26.9. The van der Waals surface area contributed by atoms with Crippen molar-refractivity contribution in [3.05, 3.63) is 24.3 Å². The number of nitrogens with one attached hydrogen (secondary N) is 1. The molecule has 7 heteroatoms. The van der Waals surface area contributed by atoms with Gasteiger partial charge >= 0.3 is 0 Å². The van der Waals surface area contributed by atoms with E-state index in [4.69, 9.17) is 4.74 Å². The maximum atomic E-state index is 12.9. The summed E-state index contributed by atoms with van der Waals surface area (Å²) in [5.74, 6) is 1.50. The highest BCUT2D eigenvalue weighted by Gasteiger charge is 2.35. The molecule has 28 heavy (non-hydrogen) atoms. The molecular weight excluding hydrogens is 376 g/mol. The molecule has 0 spiro atoms. The highest BCUT2D eigenvalue weighted by Crippen LogP contribution is 2.38. The molecular formula is C21H32N2O4S. The third-order valence-electron chi connectivity index (χ3n) is 6.09. The van der Waals surface area contributed by atoms with Crippen LogP contribution in [0.3, 0.4) is 0 Å². The number of morpholine rings is 1. The van der Waals surface area contributed by atoms with Gasteiger partial charge in [0.1, 0.15) is 0 Å². The van der Waals surface area contributed by atoms with Crippen molar-refractivity contribution in [1.29, 1.82) is 0 Å². The summed E-state index contributed by atoms with van der Waals surface area (Å²) in [5, 5.41) is 3.01. The summed E-state index contributed by atoms with van der Waals surface area (Å²) >= 11 is 0. The lowest BCUT2D eigenvalue weighted by Gasteiger charge is -2.36. The number of sulfonamides is 1. The molecule has 1 saturated heterocycles. The van der Waals surface area contributed by atoms with Crippen molar-refractivity contribution < 1.29 is 17.9 Å². The van der Waals surface area contributed by atoms with E-state index in [-0.39, 0.29) is 16.7 Å². The molecule has 0 radical (unpaired) electrons. The van der Waals surface area contributed by atoms with Gasteiger partial charge in [-0.3, -0.25) is 4.79 Å². The molecule has 1 heterocycles. The van der Waals surface area contributed by atoms with Gasteiger partial charge < -0.3 is 10.1 Å². The van der Waals surface area contributed by atoms with Gasteiger partial charge in [0.15, 0.2) is 0 Å². The quantitative estimate of drug-likeness (QED) is 0.811. The van der Waals surface area contributed by atoms with E-state index in [1.165, 1.54) is 10.7 Å². The van der Waals surface area contributed by atoms with Crippen molar-refractivity contribution in [3.63, 3.8) is 0 Å². The predicted molar refractivity (Wildman–Crippen MR) is 109 cm³/mol. The highest BCUT2D eigenvalue weighted by molar-refractivity contribution is 7.89. The van der Waals surface area contributed by atoms with Gasteiger partial charge in [-0.25, -0.2) is 8.42 Å². The van der Waals surface area contributed by atoms with Crippen molar-refractivity contribution in [2.75, 3.05) is 31.6 Å². The topological polar surface area (TPSA) is 75.7 Å². The summed E-state index contributed by atoms with van der Waals surface area (Å²) in [6.45, 7) is 8.17. The van der Waals surface area contributed by atoms with E-state index in [0.717, 1.165) is 12.8 Å². The first-order valence-electron chi connectivity index (χ1n) is 10.3. The zero-order valence-corrected chi connectivity index (χ0v) is 17.9. The zero-order chi connectivity index (χ0) is 20.3. The van der Waals surface area contributed by atoms with Crippen LogP contribution in [0.15, 0.2) is 29.2 Å². The number of hydrogen-bond donors (Lipinski definition) is 1. The van der Waals surface area contributed by atoms with Gasteiger partial charge in [0.25, 0.3) is 0 Å². The molecule has 2 fully saturated rings. The van der Waals surface area contributed by atoms with Crippen molar-refractivity contribution in [1.82, 2.24) is 4.31 Å². The maximum absolute atomic E-state index is 12.9. The molecule has 1 N–H and O–H groups in total. The maximum Gasteiger partial charge on any atom is 0.243 e. The number of carbonyl (C=O) groups is 1. The number of anilines is 1. The molecule has 3 atom stereocenters. The number of carbonyl (C=O) groups excluding carboxylic acids is 1. The second-order valence-electron chi connectivity index (χ2n) is 8.46. The summed E-state index contributed by atoms with van der Waals surface area (Å²) < 4.78 is 32.1. The lowest BCUT2D eigenvalue weighted by Crippen LogP contribution is -2.40. The Kier molecular flexibility index (Phi) is 6.78. The third-order valence-corrected chi connectivity index (χ3v) is 8.00. The Morgan fingerprint density at radius 2 is 1.79 bits per heavy atom. The number of nitrogens with zero attached hydrogens (tertiary/aromatic N) is 1. The number of ether oxygens (including phenoxy) is 1. The van der Waals surface area contributed by atoms with Crippen molar-refractivity contribution >= 4 is 21.6 Å². The number of benzene rings is 1. The molecule has 6 nitrogen and oxygen atoms in total. The first-order chi connectivity index (χ1) is 13.3. The van der Waals surface area contributed by atoms with Crippen molar-refractivity contribution in [2.24, 2.45) is 23.7 Å². The Hall–Kier alpha value is -1.44. The summed E-state index contributed by atoms with van der Waals surface area (Å²) in [5.41, 5.74) is 0.645. The Bertz CT molecular complexity index is 770. The highest BCUT2D eigenvalue weighted by atomic mass is 32.2. The van der Waals surface area contributed by atoms with Gasteiger partial charge in [0.05, 0.1) is 18.1 Å². The average molecular weight is 409 g/mol. The number of amides is 1. The summed E-state index contributed by atoms with van der Waals surface area (Å²) in [6.07, 6.45) is 3.19. The fourth-order valence-corrected chi connectivity index (χ4v) is 5.79. The minimum atomic E-state index is -3.51. The Morgan fingerprint density at radius 1 is 1.14 bits per heavy atom. The molecule has 3 rings (SSSR count). The second-order valence-corrected chi connectivity index (χ2v) is 10.4. The molecule has 0 unspecified atom stereocenters. The molecule has 1 saturated carbocycles. The minimum absolute atomic E-state index is 0.0144. The van der Waals surface area contributed by atoms with Gasteiger partial charge in [-0.15, -0.1) is 0 Å². The second kappa shape index (κ2) is 8.93. The monoisotopic (exact) mass is 408 g/mol. The van der Waals surface area contributed by atoms with Crippen LogP contribution in [0.4, 0.5) is 5.69 Å². The summed E-state index contributed by atoms with van der Waals surface area (Å²) in [7, 11) is -3.51. The Labute approximate surface area is 168 Å². The molecule has 0 aromatic heterocycles. The molecule has 156 valence electrons. The smallest absolute Gasteiger partial charge is 0.243 e. The van der Waals surface area contributed by atoms with Crippen LogP contribution in [-0.2, 0) is 19.6 Å². The van der Waals surface area contributed by atoms with E-state index in [9.17, 15) is 13.2 Å². The molecule has 1 aromatic carbocycles. The van der Waals surface area contributed by atoms with Crippen LogP contribution in [0.1, 0.15) is 40.0 Å². The van der Waals surface area contributed by atoms with Crippen LogP contribution in [0.5, 0.6) is 0 Å². The van der Waals surface area contributed by atoms with Crippen LogP contribution in [0, 0.1) is 23.7 Å². The lowest BCUT2D eigenvalue weighted by molar-refractivity contribution is -0.123. The Balaban J connectivity index is 1.68. The van der Waals surface area contributed by atoms with E-state index < -0.39 is 10.0 Å². The minimum Gasteiger partial charge on any atom is -0.379 e. The van der Waals surface area contributed by atoms with E-state index >= 15 is 0 Å². The largest absolute Gasteiger partial charge is 0.379 e. The third kappa shape index (κ3) is 4.75. The molecule has 0 bridgehead atoms. The SMILES string of the molecule is CC(C)[C@@H]1CC[C@@H](C)C[C@H]1C(=O)Nc1ccc(S(=O)(=O)N2CCOCC2)cc1. The van der Waals surface area contributed by atoms with E-state index in [2.05, 4.69) is 26.1 Å². The standard InChI is InChI=1S/C21H32N2O4S/c1-15(2)19-9-4-16(3)14-20(19)21(24)22-17-5-7-18(8-6-17)28(25,26)23-10-12-27-13-11-23/h5-8,15-16,19-20H,4,9-14H2,1-3H3,(H,22,24)/t16-,19+,20-/m1/s1. The summed E-state index contributed by atoms with van der Waals surface area (Å²) in [6, 6.07) is 6.51. The van der Waals surface area contributed by atoms with Gasteiger partial charge in [-0.05, 0) is 54.9 Å². The first-order valence-corrected chi connectivity index (χ1v) is 11.7. The molecule has 1 amide bonds. The van der Waals surface area contributed by atoms with E-state index in [1.807, 2.05) is 0 Å². The van der Waals surface area contributed by atoms with Gasteiger partial charge in [0.2, 0.25) is 15.9 Å². The summed E-state index contributed by atoms with van der Waals surface area (Å²) in [4.78, 5) is 13.2. The van der Waals surface area contributed by atoms with E-state index in [1.54, 1.807) is 24.3 Å². The van der Waals surface area contributed by atoms with Gasteiger partial charge in [0, 0.05) is 24.7 Å². The Morgan fingerprint density at radius 3 is 2.39 bits per heavy atom. The molecule has 2 aliphatic rings. The average Bonchev–Trinajstić information content (AvgIpc) is 2.68. The van der Waals surface area contributed by atoms with Crippen LogP contribution >= 0.6 is 0 Å². The van der Waals surface area contributed by atoms with Crippen LogP contribution < -0.4 is 5.32 Å². The van der Waals surface area contributed by atoms with Crippen LogP contribution in [0.2, 0.25) is 0 Å². The molecule has 1 aliphatic heterocycles. The molecule has 1 aliphatic carbocycles. The number of hydrogen-bond acceptors (Lipinski definition) is 4. The lowest BCUT2D eigenvalue weighted by atomic mass is 9.70. The fraction of sp³-hybridized carbons (Fsp3) is 0.667. The van der Waals surface area contributed by atoms with Gasteiger partial charge in [-0.2, -0.15) is 4.31 Å². The zero-order valence-electron chi connectivity index (χ0n) is 17.1. The predicted octanol–water partition coefficient (Wildman–Crippen LogP) is 3.35. The fourth-order valence-electron chi connectivity index (χ4n) is 4.38. The van der Waals surface area contributed by atoms with Crippen LogP contribution in [-0.4, -0.2) is 44.9 Å². The number of rotatable bonds is 5. The van der Waals surface area contributed by atoms with Crippen LogP contribution in [0.25, 0.3) is 0 Å². The van der Waals surface area contributed by atoms with Crippen molar-refractivity contribution in [2.45, 2.75) is 44.9 Å².